The molecule has 0 bridgehead atoms. The van der Waals surface area contributed by atoms with E-state index in [0.29, 0.717) is 5.89 Å². The Bertz CT molecular complexity index is 403. The van der Waals surface area contributed by atoms with E-state index in [4.69, 9.17) is 4.42 Å². The molecule has 0 aromatic carbocycles. The molecule has 0 radical (unpaired) electrons. The van der Waals surface area contributed by atoms with Crippen molar-refractivity contribution in [3.8, 4) is 11.3 Å². The molecular formula is C10H10N2O. The van der Waals surface area contributed by atoms with Crippen molar-refractivity contribution >= 4 is 0 Å². The lowest BCUT2D eigenvalue weighted by Crippen LogP contribution is -1.80. The Morgan fingerprint density at radius 1 is 1.08 bits per heavy atom. The number of aromatic nitrogens is 2. The fourth-order valence-corrected chi connectivity index (χ4v) is 1.11. The summed E-state index contributed by atoms with van der Waals surface area (Å²) in [5, 5.41) is 0. The van der Waals surface area contributed by atoms with E-state index in [2.05, 4.69) is 9.97 Å². The number of pyridine rings is 1. The van der Waals surface area contributed by atoms with Gasteiger partial charge in [0.2, 0.25) is 0 Å². The number of rotatable bonds is 1. The van der Waals surface area contributed by atoms with Crippen LogP contribution in [0.5, 0.6) is 0 Å². The summed E-state index contributed by atoms with van der Waals surface area (Å²) in [6.07, 6.45) is 3.50. The Labute approximate surface area is 76.5 Å². The van der Waals surface area contributed by atoms with Gasteiger partial charge in [-0.2, -0.15) is 0 Å². The Kier molecular flexibility index (Phi) is 1.85. The Morgan fingerprint density at radius 2 is 1.92 bits per heavy atom. The molecule has 2 aromatic heterocycles. The second-order valence-electron chi connectivity index (χ2n) is 2.93. The zero-order valence-electron chi connectivity index (χ0n) is 7.61. The maximum Gasteiger partial charge on any atom is 0.191 e. The summed E-state index contributed by atoms with van der Waals surface area (Å²) in [5.74, 6) is 1.44. The average molecular weight is 174 g/mol. The van der Waals surface area contributed by atoms with E-state index in [-0.39, 0.29) is 0 Å². The molecule has 2 aromatic rings. The first kappa shape index (κ1) is 7.98. The van der Waals surface area contributed by atoms with Gasteiger partial charge in [0.1, 0.15) is 0 Å². The summed E-state index contributed by atoms with van der Waals surface area (Å²) in [4.78, 5) is 8.20. The molecule has 2 rings (SSSR count). The molecule has 0 atom stereocenters. The van der Waals surface area contributed by atoms with Crippen LogP contribution in [-0.4, -0.2) is 9.97 Å². The standard InChI is InChI=1S/C10H10N2O/c1-7-3-4-9(5-11-7)10-6-12-8(2)13-10/h3-6H,1-2H3. The van der Waals surface area contributed by atoms with Crippen molar-refractivity contribution in [2.24, 2.45) is 0 Å². The first-order chi connectivity index (χ1) is 6.25. The van der Waals surface area contributed by atoms with Gasteiger partial charge in [-0.25, -0.2) is 4.98 Å². The van der Waals surface area contributed by atoms with Gasteiger partial charge in [-0.05, 0) is 19.1 Å². The minimum absolute atomic E-state index is 0.676. The number of nitrogens with zero attached hydrogens (tertiary/aromatic N) is 2. The third-order valence-electron chi connectivity index (χ3n) is 1.82. The molecule has 0 amide bonds. The second-order valence-corrected chi connectivity index (χ2v) is 2.93. The van der Waals surface area contributed by atoms with Crippen LogP contribution in [0.3, 0.4) is 0 Å². The highest BCUT2D eigenvalue weighted by atomic mass is 16.4. The maximum absolute atomic E-state index is 5.36. The van der Waals surface area contributed by atoms with Crippen molar-refractivity contribution in [3.05, 3.63) is 36.1 Å². The molecule has 0 aliphatic carbocycles. The minimum Gasteiger partial charge on any atom is -0.441 e. The lowest BCUT2D eigenvalue weighted by atomic mass is 10.2. The molecule has 0 saturated carbocycles. The predicted octanol–water partition coefficient (Wildman–Crippen LogP) is 2.35. The smallest absolute Gasteiger partial charge is 0.191 e. The highest BCUT2D eigenvalue weighted by Crippen LogP contribution is 2.18. The molecule has 0 unspecified atom stereocenters. The summed E-state index contributed by atoms with van der Waals surface area (Å²) >= 11 is 0. The molecule has 3 heteroatoms. The van der Waals surface area contributed by atoms with Gasteiger partial charge >= 0.3 is 0 Å². The van der Waals surface area contributed by atoms with E-state index in [1.54, 1.807) is 12.4 Å². The van der Waals surface area contributed by atoms with Gasteiger partial charge in [-0.1, -0.05) is 0 Å². The van der Waals surface area contributed by atoms with Gasteiger partial charge in [-0.3, -0.25) is 4.98 Å². The lowest BCUT2D eigenvalue weighted by Gasteiger charge is -1.95. The van der Waals surface area contributed by atoms with Crippen LogP contribution in [-0.2, 0) is 0 Å². The third-order valence-corrected chi connectivity index (χ3v) is 1.82. The van der Waals surface area contributed by atoms with Gasteiger partial charge < -0.3 is 4.42 Å². The molecule has 2 heterocycles. The molecule has 0 fully saturated rings. The molecule has 13 heavy (non-hydrogen) atoms. The molecule has 3 nitrogen and oxygen atoms in total. The van der Waals surface area contributed by atoms with E-state index in [1.807, 2.05) is 26.0 Å². The van der Waals surface area contributed by atoms with Crippen LogP contribution >= 0.6 is 0 Å². The summed E-state index contributed by atoms with van der Waals surface area (Å²) in [7, 11) is 0. The monoisotopic (exact) mass is 174 g/mol. The molecule has 0 N–H and O–H groups in total. The van der Waals surface area contributed by atoms with Crippen LogP contribution in [0.25, 0.3) is 11.3 Å². The van der Waals surface area contributed by atoms with Gasteiger partial charge in [0, 0.05) is 24.4 Å². The lowest BCUT2D eigenvalue weighted by molar-refractivity contribution is 0.534. The van der Waals surface area contributed by atoms with Crippen LogP contribution in [0, 0.1) is 13.8 Å². The van der Waals surface area contributed by atoms with Gasteiger partial charge in [0.25, 0.3) is 0 Å². The normalized spacial score (nSPS) is 10.3. The number of oxazole rings is 1. The second kappa shape index (κ2) is 3.01. The topological polar surface area (TPSA) is 38.9 Å². The average Bonchev–Trinajstić information content (AvgIpc) is 2.53. The van der Waals surface area contributed by atoms with Crippen molar-refractivity contribution in [2.75, 3.05) is 0 Å². The summed E-state index contributed by atoms with van der Waals surface area (Å²) in [6.45, 7) is 3.78. The SMILES string of the molecule is Cc1ccc(-c2cnc(C)o2)cn1. The highest BCUT2D eigenvalue weighted by molar-refractivity contribution is 5.54. The van der Waals surface area contributed by atoms with Gasteiger partial charge in [0.15, 0.2) is 11.7 Å². The minimum atomic E-state index is 0.676. The van der Waals surface area contributed by atoms with E-state index in [1.165, 1.54) is 0 Å². The van der Waals surface area contributed by atoms with E-state index >= 15 is 0 Å². The van der Waals surface area contributed by atoms with Crippen LogP contribution < -0.4 is 0 Å². The van der Waals surface area contributed by atoms with Crippen LogP contribution in [0.15, 0.2) is 28.9 Å². The van der Waals surface area contributed by atoms with Crippen molar-refractivity contribution in [3.63, 3.8) is 0 Å². The van der Waals surface area contributed by atoms with Crippen molar-refractivity contribution in [2.45, 2.75) is 13.8 Å². The Morgan fingerprint density at radius 3 is 2.46 bits per heavy atom. The highest BCUT2D eigenvalue weighted by Gasteiger charge is 2.02. The van der Waals surface area contributed by atoms with Crippen molar-refractivity contribution in [1.82, 2.24) is 9.97 Å². The first-order valence-corrected chi connectivity index (χ1v) is 4.11. The zero-order valence-corrected chi connectivity index (χ0v) is 7.61. The van der Waals surface area contributed by atoms with E-state index in [0.717, 1.165) is 17.0 Å². The molecular weight excluding hydrogens is 164 g/mol. The van der Waals surface area contributed by atoms with E-state index in [9.17, 15) is 0 Å². The van der Waals surface area contributed by atoms with Crippen molar-refractivity contribution in [1.29, 1.82) is 0 Å². The van der Waals surface area contributed by atoms with E-state index < -0.39 is 0 Å². The van der Waals surface area contributed by atoms with Crippen LogP contribution in [0.4, 0.5) is 0 Å². The van der Waals surface area contributed by atoms with Crippen LogP contribution in [0.2, 0.25) is 0 Å². The quantitative estimate of drug-likeness (QED) is 0.666. The Hall–Kier alpha value is -1.64. The fraction of sp³-hybridized carbons (Fsp3) is 0.200. The van der Waals surface area contributed by atoms with Gasteiger partial charge in [-0.15, -0.1) is 0 Å². The molecule has 0 saturated heterocycles. The predicted molar refractivity (Wildman–Crippen MR) is 49.2 cm³/mol. The molecule has 0 aliphatic heterocycles. The largest absolute Gasteiger partial charge is 0.441 e. The number of hydrogen-bond donors (Lipinski definition) is 0. The van der Waals surface area contributed by atoms with Crippen LogP contribution in [0.1, 0.15) is 11.6 Å². The number of hydrogen-bond acceptors (Lipinski definition) is 3. The third kappa shape index (κ3) is 1.59. The Balaban J connectivity index is 2.41. The summed E-state index contributed by atoms with van der Waals surface area (Å²) in [5.41, 5.74) is 1.96. The molecule has 0 spiro atoms. The number of aryl methyl sites for hydroxylation is 2. The summed E-state index contributed by atoms with van der Waals surface area (Å²) < 4.78 is 5.36. The summed E-state index contributed by atoms with van der Waals surface area (Å²) in [6, 6.07) is 3.93. The molecule has 66 valence electrons. The van der Waals surface area contributed by atoms with Gasteiger partial charge in [0.05, 0.1) is 6.20 Å². The first-order valence-electron chi connectivity index (χ1n) is 4.11. The maximum atomic E-state index is 5.36. The molecule has 0 aliphatic rings. The zero-order chi connectivity index (χ0) is 9.26. The fourth-order valence-electron chi connectivity index (χ4n) is 1.11. The van der Waals surface area contributed by atoms with Crippen molar-refractivity contribution < 1.29 is 4.42 Å².